The molecule has 2 heterocycles. The molecule has 0 radical (unpaired) electrons. The van der Waals surface area contributed by atoms with Crippen LogP contribution in [0.1, 0.15) is 50.9 Å². The van der Waals surface area contributed by atoms with E-state index in [0.29, 0.717) is 6.42 Å². The molecule has 0 bridgehead atoms. The Labute approximate surface area is 114 Å². The number of nitrogens with zero attached hydrogens (tertiary/aromatic N) is 3. The molecule has 5 heteroatoms. The lowest BCUT2D eigenvalue weighted by Crippen LogP contribution is -2.56. The lowest BCUT2D eigenvalue weighted by atomic mass is 9.87. The van der Waals surface area contributed by atoms with E-state index >= 15 is 0 Å². The van der Waals surface area contributed by atoms with Gasteiger partial charge in [0.15, 0.2) is 0 Å². The Hall–Kier alpha value is -1.36. The lowest BCUT2D eigenvalue weighted by molar-refractivity contribution is -0.144. The van der Waals surface area contributed by atoms with Crippen LogP contribution in [0.3, 0.4) is 0 Å². The summed E-state index contributed by atoms with van der Waals surface area (Å²) in [4.78, 5) is 14.3. The Morgan fingerprint density at radius 1 is 1.42 bits per heavy atom. The predicted molar refractivity (Wildman–Crippen MR) is 74.5 cm³/mol. The molecule has 1 amide bonds. The Kier molecular flexibility index (Phi) is 3.43. The van der Waals surface area contributed by atoms with Crippen molar-refractivity contribution in [3.05, 3.63) is 17.5 Å². The van der Waals surface area contributed by atoms with Crippen LogP contribution in [0.4, 0.5) is 0 Å². The van der Waals surface area contributed by atoms with E-state index in [0.717, 1.165) is 17.7 Å². The summed E-state index contributed by atoms with van der Waals surface area (Å²) < 4.78 is 1.84. The molecule has 2 unspecified atom stereocenters. The average molecular weight is 264 g/mol. The monoisotopic (exact) mass is 264 g/mol. The van der Waals surface area contributed by atoms with Crippen LogP contribution in [0.15, 0.2) is 6.20 Å². The Morgan fingerprint density at radius 2 is 2.05 bits per heavy atom. The number of hydrogen-bond donors (Lipinski definition) is 1. The molecule has 0 saturated carbocycles. The molecule has 1 saturated heterocycles. The van der Waals surface area contributed by atoms with Crippen molar-refractivity contribution in [3.8, 4) is 0 Å². The molecular formula is C14H24N4O. The number of aryl methyl sites for hydroxylation is 1. The first-order valence-electron chi connectivity index (χ1n) is 6.79. The van der Waals surface area contributed by atoms with Crippen LogP contribution < -0.4 is 5.73 Å². The van der Waals surface area contributed by atoms with Gasteiger partial charge in [0, 0.05) is 36.3 Å². The van der Waals surface area contributed by atoms with Gasteiger partial charge in [-0.05, 0) is 34.1 Å². The first-order chi connectivity index (χ1) is 8.73. The molecule has 1 aliphatic rings. The smallest absolute Gasteiger partial charge is 0.223 e. The molecule has 0 aliphatic carbocycles. The van der Waals surface area contributed by atoms with Crippen molar-refractivity contribution in [3.63, 3.8) is 0 Å². The molecule has 19 heavy (non-hydrogen) atoms. The van der Waals surface area contributed by atoms with Gasteiger partial charge < -0.3 is 10.6 Å². The maximum atomic E-state index is 12.3. The number of amides is 1. The summed E-state index contributed by atoms with van der Waals surface area (Å²) >= 11 is 0. The molecule has 1 aliphatic heterocycles. The first-order valence-corrected chi connectivity index (χ1v) is 6.79. The molecule has 2 rings (SSSR count). The quantitative estimate of drug-likeness (QED) is 0.836. The minimum absolute atomic E-state index is 0.0279. The maximum absolute atomic E-state index is 12.3. The van der Waals surface area contributed by atoms with Gasteiger partial charge in [-0.25, -0.2) is 0 Å². The van der Waals surface area contributed by atoms with Crippen molar-refractivity contribution in [1.29, 1.82) is 0 Å². The molecule has 106 valence electrons. The lowest BCUT2D eigenvalue weighted by Gasteiger charge is -2.47. The Bertz CT molecular complexity index is 486. The van der Waals surface area contributed by atoms with Crippen molar-refractivity contribution < 1.29 is 4.79 Å². The van der Waals surface area contributed by atoms with Gasteiger partial charge in [-0.15, -0.1) is 0 Å². The summed E-state index contributed by atoms with van der Waals surface area (Å²) in [5.41, 5.74) is 8.21. The van der Waals surface area contributed by atoms with Crippen LogP contribution in [0.2, 0.25) is 0 Å². The van der Waals surface area contributed by atoms with E-state index in [-0.39, 0.29) is 23.5 Å². The highest BCUT2D eigenvalue weighted by atomic mass is 16.2. The maximum Gasteiger partial charge on any atom is 0.223 e. The van der Waals surface area contributed by atoms with E-state index in [1.54, 1.807) is 0 Å². The third-order valence-corrected chi connectivity index (χ3v) is 3.96. The minimum Gasteiger partial charge on any atom is -0.329 e. The van der Waals surface area contributed by atoms with E-state index in [1.165, 1.54) is 0 Å². The summed E-state index contributed by atoms with van der Waals surface area (Å²) in [6.45, 7) is 8.19. The number of carbonyl (C=O) groups excluding carboxylic acids is 1. The van der Waals surface area contributed by atoms with Gasteiger partial charge in [0.1, 0.15) is 0 Å². The van der Waals surface area contributed by atoms with Gasteiger partial charge in [-0.2, -0.15) is 5.10 Å². The standard InChI is InChI=1S/C14H24N4O/c1-9-10(8-16-17(9)5)13-11(15)6-7-12(19)18(13)14(2,3)4/h8,11,13H,6-7,15H2,1-5H3. The van der Waals surface area contributed by atoms with Crippen LogP contribution in [0.5, 0.6) is 0 Å². The van der Waals surface area contributed by atoms with Crippen molar-refractivity contribution >= 4 is 5.91 Å². The first kappa shape index (κ1) is 14.1. The average Bonchev–Trinajstić information content (AvgIpc) is 2.61. The van der Waals surface area contributed by atoms with E-state index in [9.17, 15) is 4.79 Å². The fourth-order valence-electron chi connectivity index (χ4n) is 2.88. The number of aromatic nitrogens is 2. The second-order valence-electron chi connectivity index (χ2n) is 6.39. The summed E-state index contributed by atoms with van der Waals surface area (Å²) in [5, 5.41) is 4.29. The molecule has 0 aromatic carbocycles. The van der Waals surface area contributed by atoms with E-state index in [2.05, 4.69) is 25.9 Å². The van der Waals surface area contributed by atoms with E-state index in [4.69, 9.17) is 5.73 Å². The number of rotatable bonds is 1. The highest BCUT2D eigenvalue weighted by Crippen LogP contribution is 2.37. The molecule has 1 fully saturated rings. The number of carbonyl (C=O) groups is 1. The molecule has 5 nitrogen and oxygen atoms in total. The fraction of sp³-hybridized carbons (Fsp3) is 0.714. The van der Waals surface area contributed by atoms with Crippen LogP contribution in [-0.4, -0.2) is 32.2 Å². The highest BCUT2D eigenvalue weighted by molar-refractivity contribution is 5.78. The second-order valence-corrected chi connectivity index (χ2v) is 6.39. The SMILES string of the molecule is Cc1c(C2C(N)CCC(=O)N2C(C)(C)C)cnn1C. The number of likely N-dealkylation sites (tertiary alicyclic amines) is 1. The molecule has 2 atom stereocenters. The summed E-state index contributed by atoms with van der Waals surface area (Å²) in [6.07, 6.45) is 3.12. The predicted octanol–water partition coefficient (Wildman–Crippen LogP) is 1.52. The normalized spacial score (nSPS) is 24.9. The molecule has 2 N–H and O–H groups in total. The highest BCUT2D eigenvalue weighted by Gasteiger charge is 2.41. The van der Waals surface area contributed by atoms with E-state index < -0.39 is 0 Å². The zero-order valence-electron chi connectivity index (χ0n) is 12.5. The zero-order valence-corrected chi connectivity index (χ0v) is 12.5. The van der Waals surface area contributed by atoms with Crippen molar-refractivity contribution in [1.82, 2.24) is 14.7 Å². The van der Waals surface area contributed by atoms with E-state index in [1.807, 2.05) is 29.7 Å². The molecule has 1 aromatic rings. The van der Waals surface area contributed by atoms with Gasteiger partial charge in [0.05, 0.1) is 12.2 Å². The van der Waals surface area contributed by atoms with Crippen molar-refractivity contribution in [2.45, 2.75) is 58.2 Å². The van der Waals surface area contributed by atoms with Crippen LogP contribution in [0.25, 0.3) is 0 Å². The van der Waals surface area contributed by atoms with Crippen molar-refractivity contribution in [2.24, 2.45) is 12.8 Å². The van der Waals surface area contributed by atoms with Gasteiger partial charge in [0.2, 0.25) is 5.91 Å². The number of nitrogens with two attached hydrogens (primary N) is 1. The van der Waals surface area contributed by atoms with Gasteiger partial charge in [-0.1, -0.05) is 0 Å². The Balaban J connectivity index is 2.48. The van der Waals surface area contributed by atoms with Crippen LogP contribution in [-0.2, 0) is 11.8 Å². The number of piperidine rings is 1. The van der Waals surface area contributed by atoms with Crippen LogP contribution >= 0.6 is 0 Å². The molecule has 1 aromatic heterocycles. The zero-order chi connectivity index (χ0) is 14.4. The summed E-state index contributed by atoms with van der Waals surface area (Å²) in [6, 6.07) is -0.102. The molecule has 0 spiro atoms. The third-order valence-electron chi connectivity index (χ3n) is 3.96. The van der Waals surface area contributed by atoms with Gasteiger partial charge in [-0.3, -0.25) is 9.48 Å². The van der Waals surface area contributed by atoms with Gasteiger partial charge in [0.25, 0.3) is 0 Å². The van der Waals surface area contributed by atoms with Crippen molar-refractivity contribution in [2.75, 3.05) is 0 Å². The number of hydrogen-bond acceptors (Lipinski definition) is 3. The minimum atomic E-state index is -0.234. The summed E-state index contributed by atoms with van der Waals surface area (Å²) in [7, 11) is 1.91. The Morgan fingerprint density at radius 3 is 2.53 bits per heavy atom. The fourth-order valence-corrected chi connectivity index (χ4v) is 2.88. The summed E-state index contributed by atoms with van der Waals surface area (Å²) in [5.74, 6) is 0.183. The second kappa shape index (κ2) is 4.63. The molecular weight excluding hydrogens is 240 g/mol. The third kappa shape index (κ3) is 2.39. The topological polar surface area (TPSA) is 64.2 Å². The van der Waals surface area contributed by atoms with Gasteiger partial charge >= 0.3 is 0 Å². The van der Waals surface area contributed by atoms with Crippen LogP contribution in [0, 0.1) is 6.92 Å². The largest absolute Gasteiger partial charge is 0.329 e.